The highest BCUT2D eigenvalue weighted by Crippen LogP contribution is 2.13. The first kappa shape index (κ1) is 38.8. The fourth-order valence-electron chi connectivity index (χ4n) is 4.70. The van der Waals surface area contributed by atoms with Gasteiger partial charge >= 0.3 is 0 Å². The average Bonchev–Trinajstić information content (AvgIpc) is 2.90. The van der Waals surface area contributed by atoms with Gasteiger partial charge in [-0.1, -0.05) is 141 Å². The maximum atomic E-state index is 12.4. The molecule has 1 amide bonds. The van der Waals surface area contributed by atoms with Crippen LogP contribution in [0.5, 0.6) is 0 Å². The van der Waals surface area contributed by atoms with Crippen LogP contribution in [0.2, 0.25) is 0 Å². The maximum absolute atomic E-state index is 12.4. The quantitative estimate of drug-likeness (QED) is 0.0429. The van der Waals surface area contributed by atoms with Gasteiger partial charge in [0.25, 0.3) is 10.1 Å². The second-order valence-electron chi connectivity index (χ2n) is 11.2. The zero-order valence-electron chi connectivity index (χ0n) is 25.6. The molecule has 0 aliphatic rings. The molecule has 8 heteroatoms. The minimum Gasteiger partial charge on any atom is -0.387 e. The number of aliphatic hydroxyl groups excluding tert-OH is 2. The molecule has 0 heterocycles. The van der Waals surface area contributed by atoms with Crippen LogP contribution < -0.4 is 5.32 Å². The molecule has 3 atom stereocenters. The standard InChI is InChI=1S/C32H61NO6S/c1-3-5-7-9-11-13-15-16-17-19-20-22-24-26-30(34)29(28-40(37,38)39)33-32(36)31(35)27-25-23-21-18-14-12-10-8-6-4-2/h17,19,24,26,29-31,34-35H,3-16,18,20-23,25,27-28H2,1-2H3,(H,33,36)(H,37,38,39)/b19-17+,26-24+. The summed E-state index contributed by atoms with van der Waals surface area (Å²) in [6.45, 7) is 4.43. The van der Waals surface area contributed by atoms with Gasteiger partial charge in [0.15, 0.2) is 0 Å². The highest BCUT2D eigenvalue weighted by molar-refractivity contribution is 7.85. The SMILES string of the molecule is CCCCCCCCC/C=C/CC/C=C/C(O)C(CS(=O)(=O)O)NC(=O)C(O)CCCCCCCCCCCC. The van der Waals surface area contributed by atoms with Crippen LogP contribution in [-0.2, 0) is 14.9 Å². The van der Waals surface area contributed by atoms with Crippen LogP contribution in [0.1, 0.15) is 149 Å². The summed E-state index contributed by atoms with van der Waals surface area (Å²) in [5.74, 6) is -1.56. The third-order valence-electron chi connectivity index (χ3n) is 7.24. The van der Waals surface area contributed by atoms with Crippen molar-refractivity contribution in [1.29, 1.82) is 0 Å². The lowest BCUT2D eigenvalue weighted by Crippen LogP contribution is -2.50. The number of hydrogen-bond acceptors (Lipinski definition) is 5. The van der Waals surface area contributed by atoms with Gasteiger partial charge in [0, 0.05) is 0 Å². The van der Waals surface area contributed by atoms with E-state index in [1.54, 1.807) is 6.08 Å². The molecular weight excluding hydrogens is 526 g/mol. The topological polar surface area (TPSA) is 124 Å². The number of allylic oxidation sites excluding steroid dienone is 3. The summed E-state index contributed by atoms with van der Waals surface area (Å²) in [6.07, 6.45) is 28.1. The lowest BCUT2D eigenvalue weighted by atomic mass is 10.0. The van der Waals surface area contributed by atoms with Crippen molar-refractivity contribution in [3.05, 3.63) is 24.3 Å². The first-order valence-electron chi connectivity index (χ1n) is 16.1. The van der Waals surface area contributed by atoms with E-state index in [1.807, 2.05) is 0 Å². The number of rotatable bonds is 28. The summed E-state index contributed by atoms with van der Waals surface area (Å²) in [4.78, 5) is 12.4. The molecule has 0 aromatic heterocycles. The fraction of sp³-hybridized carbons (Fsp3) is 0.844. The van der Waals surface area contributed by atoms with Gasteiger partial charge in [-0.3, -0.25) is 9.35 Å². The average molecular weight is 588 g/mol. The van der Waals surface area contributed by atoms with E-state index in [2.05, 4.69) is 31.3 Å². The predicted molar refractivity (Wildman–Crippen MR) is 167 cm³/mol. The summed E-state index contributed by atoms with van der Waals surface area (Å²) >= 11 is 0. The van der Waals surface area contributed by atoms with Gasteiger partial charge < -0.3 is 15.5 Å². The van der Waals surface area contributed by atoms with E-state index in [-0.39, 0.29) is 6.42 Å². The van der Waals surface area contributed by atoms with Gasteiger partial charge in [-0.05, 0) is 32.1 Å². The van der Waals surface area contributed by atoms with E-state index in [9.17, 15) is 28.0 Å². The Bertz CT molecular complexity index is 753. The van der Waals surface area contributed by atoms with Gasteiger partial charge in [0.05, 0.1) is 17.9 Å². The van der Waals surface area contributed by atoms with Crippen LogP contribution in [0.25, 0.3) is 0 Å². The van der Waals surface area contributed by atoms with Crippen LogP contribution in [0.4, 0.5) is 0 Å². The Morgan fingerprint density at radius 2 is 1.12 bits per heavy atom. The Morgan fingerprint density at radius 1 is 0.675 bits per heavy atom. The maximum Gasteiger partial charge on any atom is 0.267 e. The normalized spacial score (nSPS) is 14.6. The van der Waals surface area contributed by atoms with E-state index in [4.69, 9.17) is 0 Å². The number of amides is 1. The number of carbonyl (C=O) groups excluding carboxylic acids is 1. The molecule has 3 unspecified atom stereocenters. The van der Waals surface area contributed by atoms with E-state index in [0.29, 0.717) is 12.8 Å². The van der Waals surface area contributed by atoms with E-state index < -0.39 is 40.0 Å². The van der Waals surface area contributed by atoms with Crippen molar-refractivity contribution >= 4 is 16.0 Å². The van der Waals surface area contributed by atoms with Crippen molar-refractivity contribution in [2.24, 2.45) is 0 Å². The van der Waals surface area contributed by atoms with Gasteiger partial charge in [-0.15, -0.1) is 0 Å². The highest BCUT2D eigenvalue weighted by Gasteiger charge is 2.27. The summed E-state index contributed by atoms with van der Waals surface area (Å²) < 4.78 is 32.2. The first-order valence-corrected chi connectivity index (χ1v) is 17.8. The molecule has 236 valence electrons. The summed E-state index contributed by atoms with van der Waals surface area (Å²) in [5, 5.41) is 23.1. The zero-order chi connectivity index (χ0) is 29.9. The van der Waals surface area contributed by atoms with Crippen LogP contribution in [0, 0.1) is 0 Å². The van der Waals surface area contributed by atoms with Crippen LogP contribution >= 0.6 is 0 Å². The van der Waals surface area contributed by atoms with Crippen LogP contribution in [0.3, 0.4) is 0 Å². The molecule has 0 saturated heterocycles. The van der Waals surface area contributed by atoms with Crippen molar-refractivity contribution in [3.63, 3.8) is 0 Å². The van der Waals surface area contributed by atoms with Gasteiger partial charge in [-0.2, -0.15) is 8.42 Å². The van der Waals surface area contributed by atoms with Gasteiger partial charge in [0.1, 0.15) is 6.10 Å². The molecular formula is C32H61NO6S. The molecule has 40 heavy (non-hydrogen) atoms. The number of nitrogens with one attached hydrogen (secondary N) is 1. The fourth-order valence-corrected chi connectivity index (χ4v) is 5.44. The Kier molecular flexibility index (Phi) is 25.9. The van der Waals surface area contributed by atoms with Crippen molar-refractivity contribution in [2.45, 2.75) is 167 Å². The van der Waals surface area contributed by atoms with Crippen molar-refractivity contribution < 1.29 is 28.0 Å². The molecule has 0 saturated carbocycles. The molecule has 0 bridgehead atoms. The third-order valence-corrected chi connectivity index (χ3v) is 8.02. The van der Waals surface area contributed by atoms with E-state index in [1.165, 1.54) is 89.5 Å². The molecule has 0 aromatic rings. The molecule has 7 nitrogen and oxygen atoms in total. The molecule has 0 aliphatic carbocycles. The van der Waals surface area contributed by atoms with E-state index in [0.717, 1.165) is 32.1 Å². The number of unbranched alkanes of at least 4 members (excludes halogenated alkanes) is 17. The smallest absolute Gasteiger partial charge is 0.267 e. The Labute approximate surface area is 246 Å². The van der Waals surface area contributed by atoms with Crippen molar-refractivity contribution in [2.75, 3.05) is 5.75 Å². The third kappa shape index (κ3) is 25.7. The minimum atomic E-state index is -4.44. The zero-order valence-corrected chi connectivity index (χ0v) is 26.4. The van der Waals surface area contributed by atoms with Crippen molar-refractivity contribution in [1.82, 2.24) is 5.32 Å². The molecule has 0 spiro atoms. The highest BCUT2D eigenvalue weighted by atomic mass is 32.2. The monoisotopic (exact) mass is 587 g/mol. The van der Waals surface area contributed by atoms with E-state index >= 15 is 0 Å². The molecule has 4 N–H and O–H groups in total. The molecule has 0 rings (SSSR count). The molecule has 0 aliphatic heterocycles. The Hall–Kier alpha value is -1.22. The van der Waals surface area contributed by atoms with Gasteiger partial charge in [-0.25, -0.2) is 0 Å². The van der Waals surface area contributed by atoms with Crippen LogP contribution in [-0.4, -0.2) is 53.1 Å². The molecule has 0 radical (unpaired) electrons. The lowest BCUT2D eigenvalue weighted by Gasteiger charge is -2.22. The lowest BCUT2D eigenvalue weighted by molar-refractivity contribution is -0.130. The van der Waals surface area contributed by atoms with Crippen LogP contribution in [0.15, 0.2) is 24.3 Å². The molecule has 0 fully saturated rings. The van der Waals surface area contributed by atoms with Crippen molar-refractivity contribution in [3.8, 4) is 0 Å². The largest absolute Gasteiger partial charge is 0.387 e. The summed E-state index contributed by atoms with van der Waals surface area (Å²) in [6, 6.07) is -1.24. The van der Waals surface area contributed by atoms with Gasteiger partial charge in [0.2, 0.25) is 5.91 Å². The Morgan fingerprint density at radius 3 is 1.65 bits per heavy atom. The number of aliphatic hydroxyl groups is 2. The minimum absolute atomic E-state index is 0.276. The predicted octanol–water partition coefficient (Wildman–Crippen LogP) is 7.43. The second-order valence-corrected chi connectivity index (χ2v) is 12.7. The number of carbonyl (C=O) groups is 1. The summed E-state index contributed by atoms with van der Waals surface area (Å²) in [5.41, 5.74) is 0. The molecule has 0 aromatic carbocycles. The number of hydrogen-bond donors (Lipinski definition) is 4. The summed E-state index contributed by atoms with van der Waals surface area (Å²) in [7, 11) is -4.44. The second kappa shape index (κ2) is 26.7. The first-order chi connectivity index (χ1) is 19.2. The Balaban J connectivity index is 4.28.